The average molecular weight is 314 g/mol. The van der Waals surface area contributed by atoms with Gasteiger partial charge >= 0.3 is 0 Å². The summed E-state index contributed by atoms with van der Waals surface area (Å²) in [7, 11) is 0. The van der Waals surface area contributed by atoms with Crippen molar-refractivity contribution in [3.05, 3.63) is 44.9 Å². The summed E-state index contributed by atoms with van der Waals surface area (Å²) >= 11 is 1.80. The van der Waals surface area contributed by atoms with Crippen LogP contribution in [-0.2, 0) is 24.1 Å². The second-order valence-electron chi connectivity index (χ2n) is 6.11. The second kappa shape index (κ2) is 6.61. The number of aromatic nitrogens is 1. The molecule has 1 heterocycles. The molecule has 0 saturated carbocycles. The molecule has 0 saturated heterocycles. The molecule has 1 aromatic carbocycles. The van der Waals surface area contributed by atoms with E-state index in [-0.39, 0.29) is 5.91 Å². The van der Waals surface area contributed by atoms with Crippen LogP contribution in [0.15, 0.2) is 18.2 Å². The highest BCUT2D eigenvalue weighted by molar-refractivity contribution is 7.11. The Kier molecular flexibility index (Phi) is 4.57. The zero-order chi connectivity index (χ0) is 15.5. The minimum Gasteiger partial charge on any atom is -0.326 e. The van der Waals surface area contributed by atoms with Crippen LogP contribution in [0.3, 0.4) is 0 Å². The number of nitrogens with zero attached hydrogens (tertiary/aromatic N) is 1. The molecule has 0 radical (unpaired) electrons. The van der Waals surface area contributed by atoms with E-state index in [1.807, 2.05) is 26.0 Å². The molecule has 0 unspecified atom stereocenters. The summed E-state index contributed by atoms with van der Waals surface area (Å²) in [6, 6.07) is 6.12. The van der Waals surface area contributed by atoms with E-state index in [0.717, 1.165) is 23.5 Å². The lowest BCUT2D eigenvalue weighted by Crippen LogP contribution is -2.12. The highest BCUT2D eigenvalue weighted by atomic mass is 32.1. The molecule has 1 aliphatic rings. The molecule has 0 aliphatic heterocycles. The highest BCUT2D eigenvalue weighted by Gasteiger charge is 2.15. The molecule has 0 atom stereocenters. The molecule has 1 aromatic heterocycles. The summed E-state index contributed by atoms with van der Waals surface area (Å²) in [5, 5.41) is 4.11. The molecule has 2 aromatic rings. The molecule has 1 N–H and O–H groups in total. The van der Waals surface area contributed by atoms with Crippen LogP contribution in [0.25, 0.3) is 0 Å². The maximum absolute atomic E-state index is 12.1. The third-order valence-corrected chi connectivity index (χ3v) is 5.18. The summed E-state index contributed by atoms with van der Waals surface area (Å²) in [6.45, 7) is 4.09. The highest BCUT2D eigenvalue weighted by Crippen LogP contribution is 2.27. The smallest absolute Gasteiger partial charge is 0.224 e. The van der Waals surface area contributed by atoms with Crippen LogP contribution < -0.4 is 5.32 Å². The van der Waals surface area contributed by atoms with Gasteiger partial charge in [-0.15, -0.1) is 11.3 Å². The molecule has 3 rings (SSSR count). The summed E-state index contributed by atoms with van der Waals surface area (Å²) in [4.78, 5) is 18.3. The Balaban J connectivity index is 1.57. The fourth-order valence-electron chi connectivity index (χ4n) is 3.00. The molecule has 1 amide bonds. The quantitative estimate of drug-likeness (QED) is 0.918. The summed E-state index contributed by atoms with van der Waals surface area (Å²) in [6.07, 6.45) is 6.06. The first-order valence-electron chi connectivity index (χ1n) is 7.96. The lowest BCUT2D eigenvalue weighted by atomic mass is 10.0. The molecule has 3 nitrogen and oxygen atoms in total. The van der Waals surface area contributed by atoms with Gasteiger partial charge in [0.15, 0.2) is 0 Å². The first-order valence-corrected chi connectivity index (χ1v) is 8.77. The second-order valence-corrected chi connectivity index (χ2v) is 7.28. The van der Waals surface area contributed by atoms with Crippen molar-refractivity contribution >= 4 is 22.9 Å². The first kappa shape index (κ1) is 15.2. The number of fused-ring (bicyclic) bond motifs is 1. The first-order chi connectivity index (χ1) is 10.6. The van der Waals surface area contributed by atoms with E-state index in [0.29, 0.717) is 6.42 Å². The van der Waals surface area contributed by atoms with Gasteiger partial charge in [-0.25, -0.2) is 4.98 Å². The third kappa shape index (κ3) is 3.74. The predicted molar refractivity (Wildman–Crippen MR) is 91.6 cm³/mol. The van der Waals surface area contributed by atoms with Crippen LogP contribution in [0.2, 0.25) is 0 Å². The zero-order valence-electron chi connectivity index (χ0n) is 13.2. The van der Waals surface area contributed by atoms with Crippen molar-refractivity contribution in [2.45, 2.75) is 52.4 Å². The number of rotatable bonds is 4. The van der Waals surface area contributed by atoms with Crippen LogP contribution in [0.4, 0.5) is 5.69 Å². The van der Waals surface area contributed by atoms with E-state index >= 15 is 0 Å². The van der Waals surface area contributed by atoms with Gasteiger partial charge < -0.3 is 5.32 Å². The average Bonchev–Trinajstić information content (AvgIpc) is 2.87. The number of hydrogen-bond donors (Lipinski definition) is 1. The molecule has 0 bridgehead atoms. The third-order valence-electron chi connectivity index (χ3n) is 3.96. The lowest BCUT2D eigenvalue weighted by molar-refractivity contribution is -0.116. The Morgan fingerprint density at radius 2 is 1.91 bits per heavy atom. The Morgan fingerprint density at radius 3 is 2.64 bits per heavy atom. The minimum absolute atomic E-state index is 0.0678. The number of benzene rings is 1. The maximum atomic E-state index is 12.1. The molecular weight excluding hydrogens is 292 g/mol. The molecule has 22 heavy (non-hydrogen) atoms. The number of amides is 1. The van der Waals surface area contributed by atoms with Gasteiger partial charge in [-0.2, -0.15) is 0 Å². The van der Waals surface area contributed by atoms with E-state index in [4.69, 9.17) is 4.98 Å². The monoisotopic (exact) mass is 314 g/mol. The van der Waals surface area contributed by atoms with Crippen LogP contribution in [0.1, 0.15) is 46.0 Å². The number of hydrogen-bond acceptors (Lipinski definition) is 3. The standard InChI is InChI=1S/C18H22N2OS/c1-12-9-13(2)11-14(10-12)19-17(21)7-8-18-20-15-5-3-4-6-16(15)22-18/h9-11H,3-8H2,1-2H3,(H,19,21). The van der Waals surface area contributed by atoms with E-state index in [2.05, 4.69) is 11.4 Å². The largest absolute Gasteiger partial charge is 0.326 e. The summed E-state index contributed by atoms with van der Waals surface area (Å²) < 4.78 is 0. The van der Waals surface area contributed by atoms with Crippen LogP contribution in [-0.4, -0.2) is 10.9 Å². The van der Waals surface area contributed by atoms with E-state index in [9.17, 15) is 4.79 Å². The van der Waals surface area contributed by atoms with E-state index in [1.165, 1.54) is 41.0 Å². The molecule has 1 aliphatic carbocycles. The molecule has 0 fully saturated rings. The van der Waals surface area contributed by atoms with Gasteiger partial charge in [-0.3, -0.25) is 4.79 Å². The van der Waals surface area contributed by atoms with Crippen molar-refractivity contribution < 1.29 is 4.79 Å². The van der Waals surface area contributed by atoms with Crippen molar-refractivity contribution in [1.29, 1.82) is 0 Å². The normalized spacial score (nSPS) is 13.7. The zero-order valence-corrected chi connectivity index (χ0v) is 14.1. The fraction of sp³-hybridized carbons (Fsp3) is 0.444. The lowest BCUT2D eigenvalue weighted by Gasteiger charge is -2.07. The Hall–Kier alpha value is -1.68. The number of carbonyl (C=O) groups excluding carboxylic acids is 1. The number of thiazole rings is 1. The van der Waals surface area contributed by atoms with Gasteiger partial charge in [0.25, 0.3) is 0 Å². The topological polar surface area (TPSA) is 42.0 Å². The van der Waals surface area contributed by atoms with Gasteiger partial charge in [0.1, 0.15) is 0 Å². The van der Waals surface area contributed by atoms with Crippen molar-refractivity contribution in [2.75, 3.05) is 5.32 Å². The summed E-state index contributed by atoms with van der Waals surface area (Å²) in [5.41, 5.74) is 4.51. The number of nitrogens with one attached hydrogen (secondary N) is 1. The number of anilines is 1. The van der Waals surface area contributed by atoms with Gasteiger partial charge in [-0.05, 0) is 62.8 Å². The van der Waals surface area contributed by atoms with Gasteiger partial charge in [0.05, 0.1) is 10.7 Å². The number of carbonyl (C=O) groups is 1. The molecule has 0 spiro atoms. The van der Waals surface area contributed by atoms with Crippen LogP contribution >= 0.6 is 11.3 Å². The summed E-state index contributed by atoms with van der Waals surface area (Å²) in [5.74, 6) is 0.0678. The molecular formula is C18H22N2OS. The molecule has 4 heteroatoms. The number of aryl methyl sites for hydroxylation is 5. The minimum atomic E-state index is 0.0678. The Bertz CT molecular complexity index is 647. The van der Waals surface area contributed by atoms with E-state index in [1.54, 1.807) is 11.3 Å². The SMILES string of the molecule is Cc1cc(C)cc(NC(=O)CCc2nc3c(s2)CCCC3)c1. The molecule has 116 valence electrons. The van der Waals surface area contributed by atoms with Gasteiger partial charge in [-0.1, -0.05) is 6.07 Å². The Morgan fingerprint density at radius 1 is 1.18 bits per heavy atom. The van der Waals surface area contributed by atoms with Crippen LogP contribution in [0.5, 0.6) is 0 Å². The fourth-order valence-corrected chi connectivity index (χ4v) is 4.16. The van der Waals surface area contributed by atoms with Crippen molar-refractivity contribution in [3.8, 4) is 0 Å². The Labute approximate surface area is 135 Å². The maximum Gasteiger partial charge on any atom is 0.224 e. The van der Waals surface area contributed by atoms with Crippen molar-refractivity contribution in [3.63, 3.8) is 0 Å². The van der Waals surface area contributed by atoms with Gasteiger partial charge in [0, 0.05) is 23.4 Å². The van der Waals surface area contributed by atoms with Crippen molar-refractivity contribution in [2.24, 2.45) is 0 Å². The van der Waals surface area contributed by atoms with E-state index < -0.39 is 0 Å². The predicted octanol–water partition coefficient (Wildman–Crippen LogP) is 4.21. The van der Waals surface area contributed by atoms with Crippen LogP contribution in [0, 0.1) is 13.8 Å². The van der Waals surface area contributed by atoms with Gasteiger partial charge in [0.2, 0.25) is 5.91 Å². The van der Waals surface area contributed by atoms with Crippen molar-refractivity contribution in [1.82, 2.24) is 4.98 Å².